The van der Waals surface area contributed by atoms with Crippen molar-refractivity contribution in [2.45, 2.75) is 0 Å². The molecule has 7 heteroatoms. The quantitative estimate of drug-likeness (QED) is 0.749. The second-order valence-corrected chi connectivity index (χ2v) is 4.80. The Morgan fingerprint density at radius 1 is 1.08 bits per heavy atom. The smallest absolute Gasteiger partial charge is 0.230 e. The Balaban J connectivity index is 2.04. The van der Waals surface area contributed by atoms with E-state index in [1.165, 1.54) is 25.6 Å². The minimum absolute atomic E-state index is 0.0667. The van der Waals surface area contributed by atoms with Gasteiger partial charge in [0, 0.05) is 6.07 Å². The Hall–Kier alpha value is -2.93. The number of aliphatic hydroxyl groups excluding tert-OH is 1. The number of rotatable bonds is 6. The summed E-state index contributed by atoms with van der Waals surface area (Å²) in [4.78, 5) is 8.24. The summed E-state index contributed by atoms with van der Waals surface area (Å²) >= 11 is 0. The molecule has 1 heterocycles. The zero-order chi connectivity index (χ0) is 16.9. The topological polar surface area (TPSA) is 73.7 Å². The first-order chi connectivity index (χ1) is 11.7. The average Bonchev–Trinajstić information content (AvgIpc) is 2.61. The highest BCUT2D eigenvalue weighted by Crippen LogP contribution is 2.36. The summed E-state index contributed by atoms with van der Waals surface area (Å²) in [5, 5.41) is 9.44. The molecular weight excluding hydrogens is 315 g/mol. The lowest BCUT2D eigenvalue weighted by Gasteiger charge is -2.13. The van der Waals surface area contributed by atoms with Crippen LogP contribution in [0.25, 0.3) is 10.9 Å². The fraction of sp³-hybridized carbons (Fsp3) is 0.176. The minimum Gasteiger partial charge on any atom is -0.493 e. The van der Waals surface area contributed by atoms with Gasteiger partial charge in [0.25, 0.3) is 0 Å². The third-order valence-corrected chi connectivity index (χ3v) is 3.28. The molecule has 0 amide bonds. The fourth-order valence-electron chi connectivity index (χ4n) is 2.18. The van der Waals surface area contributed by atoms with Crippen LogP contribution in [0.15, 0.2) is 42.7 Å². The normalized spacial score (nSPS) is 10.6. The molecule has 0 aliphatic heterocycles. The van der Waals surface area contributed by atoms with Gasteiger partial charge in [0.2, 0.25) is 5.88 Å². The number of aliphatic hydroxyl groups is 1. The van der Waals surface area contributed by atoms with E-state index in [2.05, 4.69) is 9.97 Å². The molecule has 0 aliphatic carbocycles. The Morgan fingerprint density at radius 2 is 1.92 bits per heavy atom. The minimum atomic E-state index is -0.487. The van der Waals surface area contributed by atoms with Crippen molar-refractivity contribution >= 4 is 10.9 Å². The van der Waals surface area contributed by atoms with Gasteiger partial charge in [-0.1, -0.05) is 12.1 Å². The molecule has 1 aromatic heterocycles. The van der Waals surface area contributed by atoms with Gasteiger partial charge in [-0.25, -0.2) is 14.4 Å². The first kappa shape index (κ1) is 15.9. The molecule has 0 saturated heterocycles. The van der Waals surface area contributed by atoms with Crippen molar-refractivity contribution in [3.05, 3.63) is 48.5 Å². The van der Waals surface area contributed by atoms with Gasteiger partial charge in [0.05, 0.1) is 24.6 Å². The van der Waals surface area contributed by atoms with Gasteiger partial charge in [-0.15, -0.1) is 0 Å². The van der Waals surface area contributed by atoms with Gasteiger partial charge in [-0.2, -0.15) is 0 Å². The molecule has 0 fully saturated rings. The van der Waals surface area contributed by atoms with E-state index in [1.54, 1.807) is 24.3 Å². The third kappa shape index (κ3) is 3.21. The summed E-state index contributed by atoms with van der Waals surface area (Å²) < 4.78 is 30.1. The molecule has 24 heavy (non-hydrogen) atoms. The van der Waals surface area contributed by atoms with E-state index in [4.69, 9.17) is 19.3 Å². The number of nitrogens with zero attached hydrogens (tertiary/aromatic N) is 2. The number of halogens is 1. The fourth-order valence-corrected chi connectivity index (χ4v) is 2.18. The number of methoxy groups -OCH3 is 1. The molecule has 0 saturated carbocycles. The number of hydrogen-bond donors (Lipinski definition) is 1. The van der Waals surface area contributed by atoms with Crippen LogP contribution >= 0.6 is 0 Å². The lowest BCUT2D eigenvalue weighted by Crippen LogP contribution is -2.03. The predicted octanol–water partition coefficient (Wildman–Crippen LogP) is 2.94. The third-order valence-electron chi connectivity index (χ3n) is 3.28. The van der Waals surface area contributed by atoms with Gasteiger partial charge in [-0.05, 0) is 18.2 Å². The van der Waals surface area contributed by atoms with Crippen molar-refractivity contribution in [1.82, 2.24) is 9.97 Å². The number of benzene rings is 2. The summed E-state index contributed by atoms with van der Waals surface area (Å²) in [6, 6.07) is 9.37. The summed E-state index contributed by atoms with van der Waals surface area (Å²) in [7, 11) is 1.49. The van der Waals surface area contributed by atoms with Gasteiger partial charge in [-0.3, -0.25) is 0 Å². The summed E-state index contributed by atoms with van der Waals surface area (Å²) in [6.45, 7) is 0.0120. The molecule has 0 radical (unpaired) electrons. The van der Waals surface area contributed by atoms with Gasteiger partial charge >= 0.3 is 0 Å². The monoisotopic (exact) mass is 330 g/mol. The molecule has 0 spiro atoms. The molecule has 124 valence electrons. The maximum Gasteiger partial charge on any atom is 0.230 e. The Labute approximate surface area is 137 Å². The second kappa shape index (κ2) is 7.10. The Bertz CT molecular complexity index is 857. The van der Waals surface area contributed by atoms with E-state index in [9.17, 15) is 4.39 Å². The number of para-hydroxylation sites is 1. The van der Waals surface area contributed by atoms with Crippen molar-refractivity contribution in [3.8, 4) is 23.1 Å². The summed E-state index contributed by atoms with van der Waals surface area (Å²) in [5.41, 5.74) is 0.546. The van der Waals surface area contributed by atoms with Crippen LogP contribution in [0.4, 0.5) is 4.39 Å². The molecular formula is C17H15FN2O4. The van der Waals surface area contributed by atoms with Crippen LogP contribution in [0.2, 0.25) is 0 Å². The van der Waals surface area contributed by atoms with Crippen molar-refractivity contribution < 1.29 is 23.7 Å². The van der Waals surface area contributed by atoms with Crippen LogP contribution in [-0.2, 0) is 0 Å². The molecule has 0 atom stereocenters. The zero-order valence-electron chi connectivity index (χ0n) is 12.9. The van der Waals surface area contributed by atoms with Crippen LogP contribution in [0.1, 0.15) is 0 Å². The van der Waals surface area contributed by atoms with Gasteiger partial charge in [0.15, 0.2) is 23.1 Å². The van der Waals surface area contributed by atoms with Gasteiger partial charge < -0.3 is 19.3 Å². The van der Waals surface area contributed by atoms with Gasteiger partial charge in [0.1, 0.15) is 12.9 Å². The predicted molar refractivity (Wildman–Crippen MR) is 85.1 cm³/mol. The lowest BCUT2D eigenvalue weighted by atomic mass is 10.2. The van der Waals surface area contributed by atoms with E-state index in [-0.39, 0.29) is 24.8 Å². The van der Waals surface area contributed by atoms with Crippen molar-refractivity contribution in [1.29, 1.82) is 0 Å². The second-order valence-electron chi connectivity index (χ2n) is 4.80. The van der Waals surface area contributed by atoms with E-state index in [0.717, 1.165) is 0 Å². The number of aromatic nitrogens is 2. The number of hydrogen-bond acceptors (Lipinski definition) is 6. The van der Waals surface area contributed by atoms with E-state index < -0.39 is 5.82 Å². The molecule has 6 nitrogen and oxygen atoms in total. The highest BCUT2D eigenvalue weighted by atomic mass is 19.1. The average molecular weight is 330 g/mol. The highest BCUT2D eigenvalue weighted by Gasteiger charge is 2.14. The number of fused-ring (bicyclic) bond motifs is 1. The summed E-state index contributed by atoms with van der Waals surface area (Å²) in [5.74, 6) is 0.659. The van der Waals surface area contributed by atoms with Crippen LogP contribution in [0.5, 0.6) is 23.1 Å². The lowest BCUT2D eigenvalue weighted by molar-refractivity contribution is 0.196. The largest absolute Gasteiger partial charge is 0.493 e. The molecule has 3 rings (SSSR count). The molecule has 0 unspecified atom stereocenters. The Kier molecular flexibility index (Phi) is 4.72. The number of ether oxygens (including phenoxy) is 3. The first-order valence-electron chi connectivity index (χ1n) is 7.21. The van der Waals surface area contributed by atoms with Crippen molar-refractivity contribution in [2.75, 3.05) is 20.3 Å². The van der Waals surface area contributed by atoms with Crippen LogP contribution < -0.4 is 14.2 Å². The van der Waals surface area contributed by atoms with E-state index in [0.29, 0.717) is 22.4 Å². The first-order valence-corrected chi connectivity index (χ1v) is 7.21. The van der Waals surface area contributed by atoms with Crippen LogP contribution in [-0.4, -0.2) is 35.4 Å². The maximum atomic E-state index is 13.8. The zero-order valence-corrected chi connectivity index (χ0v) is 12.9. The molecule has 1 N–H and O–H groups in total. The van der Waals surface area contributed by atoms with Crippen LogP contribution in [0.3, 0.4) is 0 Å². The summed E-state index contributed by atoms with van der Waals surface area (Å²) in [6.07, 6.45) is 1.32. The van der Waals surface area contributed by atoms with Crippen molar-refractivity contribution in [2.24, 2.45) is 0 Å². The molecule has 0 bridgehead atoms. The molecule has 3 aromatic rings. The van der Waals surface area contributed by atoms with E-state index >= 15 is 0 Å². The van der Waals surface area contributed by atoms with Crippen molar-refractivity contribution in [3.63, 3.8) is 0 Å². The molecule has 2 aromatic carbocycles. The highest BCUT2D eigenvalue weighted by molar-refractivity contribution is 5.87. The maximum absolute atomic E-state index is 13.8. The molecule has 0 aliphatic rings. The van der Waals surface area contributed by atoms with Crippen LogP contribution in [0, 0.1) is 5.82 Å². The Morgan fingerprint density at radius 3 is 2.67 bits per heavy atom. The SMILES string of the molecule is COc1cc2c(Oc3ccccc3F)ncnc2cc1OCCO. The standard InChI is InChI=1S/C17H15FN2O4/c1-22-15-8-11-13(9-16(15)23-7-6-21)19-10-20-17(11)24-14-5-3-2-4-12(14)18/h2-5,8-10,21H,6-7H2,1H3. The van der Waals surface area contributed by atoms with E-state index in [1.807, 2.05) is 0 Å².